The molecular weight excluding hydrogens is 376 g/mol. The van der Waals surface area contributed by atoms with E-state index in [4.69, 9.17) is 16.3 Å². The molecular formula is C22H31ClN2O3. The van der Waals surface area contributed by atoms with Gasteiger partial charge in [-0.2, -0.15) is 0 Å². The minimum atomic E-state index is -0.487. The third-order valence-corrected chi connectivity index (χ3v) is 6.41. The van der Waals surface area contributed by atoms with Gasteiger partial charge in [0.2, 0.25) is 5.91 Å². The number of hydrogen-bond acceptors (Lipinski definition) is 4. The number of aryl methyl sites for hydroxylation is 1. The smallest absolute Gasteiger partial charge is 0.223 e. The molecule has 0 saturated carbocycles. The Morgan fingerprint density at radius 3 is 2.68 bits per heavy atom. The Balaban J connectivity index is 1.57. The second-order valence-electron chi connectivity index (χ2n) is 8.27. The van der Waals surface area contributed by atoms with E-state index < -0.39 is 5.60 Å². The van der Waals surface area contributed by atoms with Gasteiger partial charge in [0, 0.05) is 43.9 Å². The second kappa shape index (κ2) is 8.83. The SMILES string of the molecule is CCCCN(C)CCC(=O)N1CCC2(CC1)CC(=O)c1cc(Cl)c(C)cc1O2. The van der Waals surface area contributed by atoms with Gasteiger partial charge in [0.1, 0.15) is 11.4 Å². The van der Waals surface area contributed by atoms with Crippen molar-refractivity contribution in [2.45, 2.75) is 58.0 Å². The lowest BCUT2D eigenvalue weighted by Gasteiger charge is -2.44. The fraction of sp³-hybridized carbons (Fsp3) is 0.636. The number of Topliss-reactive ketones (excluding diaryl/α,β-unsaturated/α-hetero) is 1. The molecule has 0 atom stereocenters. The first kappa shape index (κ1) is 21.1. The second-order valence-corrected chi connectivity index (χ2v) is 8.68. The Hall–Kier alpha value is -1.59. The van der Waals surface area contributed by atoms with Crippen LogP contribution in [0.25, 0.3) is 0 Å². The molecule has 1 aromatic rings. The first-order chi connectivity index (χ1) is 13.3. The zero-order chi connectivity index (χ0) is 20.3. The van der Waals surface area contributed by atoms with Gasteiger partial charge < -0.3 is 14.5 Å². The van der Waals surface area contributed by atoms with Crippen LogP contribution in [0.3, 0.4) is 0 Å². The number of unbranched alkanes of at least 4 members (excludes halogenated alkanes) is 1. The average molecular weight is 407 g/mol. The summed E-state index contributed by atoms with van der Waals surface area (Å²) >= 11 is 6.17. The predicted molar refractivity (Wildman–Crippen MR) is 111 cm³/mol. The third kappa shape index (κ3) is 4.69. The number of carbonyl (C=O) groups excluding carboxylic acids is 2. The quantitative estimate of drug-likeness (QED) is 0.713. The van der Waals surface area contributed by atoms with Crippen molar-refractivity contribution in [3.8, 4) is 5.75 Å². The molecule has 1 fully saturated rings. The zero-order valence-corrected chi connectivity index (χ0v) is 18.0. The molecule has 1 amide bonds. The number of amides is 1. The summed E-state index contributed by atoms with van der Waals surface area (Å²) in [7, 11) is 2.07. The summed E-state index contributed by atoms with van der Waals surface area (Å²) in [5.41, 5.74) is 0.999. The van der Waals surface area contributed by atoms with Crippen molar-refractivity contribution < 1.29 is 14.3 Å². The Bertz CT molecular complexity index is 742. The molecule has 2 heterocycles. The Morgan fingerprint density at radius 2 is 2.00 bits per heavy atom. The topological polar surface area (TPSA) is 49.9 Å². The number of likely N-dealkylation sites (tertiary alicyclic amines) is 1. The number of ether oxygens (including phenoxy) is 1. The largest absolute Gasteiger partial charge is 0.486 e. The highest BCUT2D eigenvalue weighted by Crippen LogP contribution is 2.41. The molecule has 0 unspecified atom stereocenters. The molecule has 0 aliphatic carbocycles. The summed E-state index contributed by atoms with van der Waals surface area (Å²) < 4.78 is 6.31. The van der Waals surface area contributed by atoms with E-state index in [-0.39, 0.29) is 11.7 Å². The lowest BCUT2D eigenvalue weighted by molar-refractivity contribution is -0.135. The van der Waals surface area contributed by atoms with E-state index in [1.807, 2.05) is 17.9 Å². The molecule has 0 radical (unpaired) electrons. The standard InChI is InChI=1S/C22H31ClN2O3/c1-4-5-9-24(3)10-6-21(27)25-11-7-22(8-12-25)15-19(26)17-14-18(23)16(2)13-20(17)28-22/h13-14H,4-12,15H2,1-3H3. The monoisotopic (exact) mass is 406 g/mol. The summed E-state index contributed by atoms with van der Waals surface area (Å²) in [6, 6.07) is 3.58. The van der Waals surface area contributed by atoms with Crippen LogP contribution in [0.5, 0.6) is 5.75 Å². The van der Waals surface area contributed by atoms with E-state index in [9.17, 15) is 9.59 Å². The van der Waals surface area contributed by atoms with Gasteiger partial charge in [0.15, 0.2) is 5.78 Å². The van der Waals surface area contributed by atoms with Crippen molar-refractivity contribution in [1.29, 1.82) is 0 Å². The number of fused-ring (bicyclic) bond motifs is 1. The van der Waals surface area contributed by atoms with Gasteiger partial charge in [-0.25, -0.2) is 0 Å². The van der Waals surface area contributed by atoms with Crippen LogP contribution in [0.1, 0.15) is 61.4 Å². The minimum Gasteiger partial charge on any atom is -0.486 e. The van der Waals surface area contributed by atoms with E-state index >= 15 is 0 Å². The third-order valence-electron chi connectivity index (χ3n) is 6.00. The van der Waals surface area contributed by atoms with Gasteiger partial charge in [-0.05, 0) is 44.6 Å². The average Bonchev–Trinajstić information content (AvgIpc) is 2.66. The number of hydrogen-bond donors (Lipinski definition) is 0. The molecule has 0 bridgehead atoms. The fourth-order valence-electron chi connectivity index (χ4n) is 4.04. The van der Waals surface area contributed by atoms with E-state index in [1.54, 1.807) is 6.07 Å². The number of benzene rings is 1. The van der Waals surface area contributed by atoms with Gasteiger partial charge in [-0.15, -0.1) is 0 Å². The molecule has 1 aromatic carbocycles. The molecule has 1 spiro atoms. The number of carbonyl (C=O) groups is 2. The Kier molecular flexibility index (Phi) is 6.66. The van der Waals surface area contributed by atoms with Crippen LogP contribution in [0.15, 0.2) is 12.1 Å². The van der Waals surface area contributed by atoms with Gasteiger partial charge in [0.05, 0.1) is 12.0 Å². The normalized spacial score (nSPS) is 18.3. The number of rotatable bonds is 6. The van der Waals surface area contributed by atoms with Crippen molar-refractivity contribution >= 4 is 23.3 Å². The van der Waals surface area contributed by atoms with Gasteiger partial charge in [0.25, 0.3) is 0 Å². The van der Waals surface area contributed by atoms with Crippen LogP contribution < -0.4 is 4.74 Å². The van der Waals surface area contributed by atoms with E-state index in [2.05, 4.69) is 18.9 Å². The van der Waals surface area contributed by atoms with E-state index in [0.29, 0.717) is 55.1 Å². The van der Waals surface area contributed by atoms with Crippen molar-refractivity contribution in [3.63, 3.8) is 0 Å². The molecule has 6 heteroatoms. The molecule has 1 saturated heterocycles. The molecule has 2 aliphatic heterocycles. The summed E-state index contributed by atoms with van der Waals surface area (Å²) in [5, 5.41) is 0.593. The van der Waals surface area contributed by atoms with Crippen molar-refractivity contribution in [2.75, 3.05) is 33.2 Å². The van der Waals surface area contributed by atoms with Crippen LogP contribution in [0.4, 0.5) is 0 Å². The summed E-state index contributed by atoms with van der Waals surface area (Å²) in [5.74, 6) is 0.916. The summed E-state index contributed by atoms with van der Waals surface area (Å²) in [6.07, 6.45) is 4.62. The number of piperidine rings is 1. The molecule has 3 rings (SSSR count). The molecule has 0 aromatic heterocycles. The Morgan fingerprint density at radius 1 is 1.29 bits per heavy atom. The molecule has 0 N–H and O–H groups in total. The number of halogens is 1. The molecule has 5 nitrogen and oxygen atoms in total. The van der Waals surface area contributed by atoms with Crippen molar-refractivity contribution in [3.05, 3.63) is 28.3 Å². The van der Waals surface area contributed by atoms with Crippen LogP contribution in [-0.2, 0) is 4.79 Å². The highest BCUT2D eigenvalue weighted by atomic mass is 35.5. The minimum absolute atomic E-state index is 0.0838. The van der Waals surface area contributed by atoms with Crippen LogP contribution >= 0.6 is 11.6 Å². The first-order valence-electron chi connectivity index (χ1n) is 10.3. The lowest BCUT2D eigenvalue weighted by Crippen LogP contribution is -2.52. The zero-order valence-electron chi connectivity index (χ0n) is 17.2. The lowest BCUT2D eigenvalue weighted by atomic mass is 9.82. The van der Waals surface area contributed by atoms with E-state index in [1.165, 1.54) is 6.42 Å². The number of ketones is 1. The molecule has 154 valence electrons. The van der Waals surface area contributed by atoms with Crippen molar-refractivity contribution in [1.82, 2.24) is 9.80 Å². The number of nitrogens with zero attached hydrogens (tertiary/aromatic N) is 2. The van der Waals surface area contributed by atoms with Crippen molar-refractivity contribution in [2.24, 2.45) is 0 Å². The van der Waals surface area contributed by atoms with E-state index in [0.717, 1.165) is 25.1 Å². The predicted octanol–water partition coefficient (Wildman–Crippen LogP) is 4.10. The Labute approximate surface area is 173 Å². The highest BCUT2D eigenvalue weighted by Gasteiger charge is 2.43. The van der Waals surface area contributed by atoms with Crippen LogP contribution in [0, 0.1) is 6.92 Å². The highest BCUT2D eigenvalue weighted by molar-refractivity contribution is 6.31. The maximum absolute atomic E-state index is 12.7. The fourth-order valence-corrected chi connectivity index (χ4v) is 4.21. The maximum atomic E-state index is 12.7. The van der Waals surface area contributed by atoms with Crippen LogP contribution in [-0.4, -0.2) is 60.3 Å². The van der Waals surface area contributed by atoms with Gasteiger partial charge in [-0.3, -0.25) is 9.59 Å². The van der Waals surface area contributed by atoms with Gasteiger partial charge >= 0.3 is 0 Å². The molecule has 2 aliphatic rings. The van der Waals surface area contributed by atoms with Crippen LogP contribution in [0.2, 0.25) is 5.02 Å². The maximum Gasteiger partial charge on any atom is 0.223 e. The molecule has 28 heavy (non-hydrogen) atoms. The summed E-state index contributed by atoms with van der Waals surface area (Å²) in [6.45, 7) is 7.21. The van der Waals surface area contributed by atoms with Gasteiger partial charge in [-0.1, -0.05) is 24.9 Å². The summed E-state index contributed by atoms with van der Waals surface area (Å²) in [4.78, 5) is 29.4. The first-order valence-corrected chi connectivity index (χ1v) is 10.7.